The van der Waals surface area contributed by atoms with Gasteiger partial charge in [-0.1, -0.05) is 63.3 Å². The minimum atomic E-state index is 0.213. The summed E-state index contributed by atoms with van der Waals surface area (Å²) in [5.41, 5.74) is 3.31. The van der Waals surface area contributed by atoms with Crippen LogP contribution in [0.3, 0.4) is 0 Å². The number of hydrogen-bond donors (Lipinski definition) is 1. The maximum Gasteiger partial charge on any atom is 0.154 e. The lowest BCUT2D eigenvalue weighted by Crippen LogP contribution is -2.75. The summed E-state index contributed by atoms with van der Waals surface area (Å²) in [6.45, 7) is 12.1. The maximum absolute atomic E-state index is 6.19. The molecule has 1 spiro atoms. The third-order valence-corrected chi connectivity index (χ3v) is 6.21. The summed E-state index contributed by atoms with van der Waals surface area (Å²) in [7, 11) is 0. The molecule has 136 valence electrons. The average molecular weight is 341 g/mol. The van der Waals surface area contributed by atoms with E-state index in [0.717, 1.165) is 13.2 Å². The van der Waals surface area contributed by atoms with E-state index >= 15 is 0 Å². The van der Waals surface area contributed by atoms with Crippen LogP contribution in [0.2, 0.25) is 0 Å². The molecule has 1 aliphatic heterocycles. The molecule has 0 aromatic heterocycles. The van der Waals surface area contributed by atoms with E-state index in [0.29, 0.717) is 23.9 Å². The monoisotopic (exact) mass is 340 g/mol. The Labute approximate surface area is 153 Å². The summed E-state index contributed by atoms with van der Waals surface area (Å²) in [4.78, 5) is 3.75. The van der Waals surface area contributed by atoms with Crippen LogP contribution in [0, 0.1) is 22.7 Å². The fourth-order valence-corrected chi connectivity index (χ4v) is 4.87. The van der Waals surface area contributed by atoms with Crippen molar-refractivity contribution >= 4 is 5.71 Å². The molecule has 1 aromatic rings. The molecule has 1 aromatic carbocycles. The molecule has 0 amide bonds. The maximum atomic E-state index is 6.19. The Morgan fingerprint density at radius 2 is 1.92 bits per heavy atom. The Hall–Kier alpha value is -1.41. The largest absolute Gasteiger partial charge is 0.376 e. The number of hydrogen-bond acceptors (Lipinski definition) is 1. The molecule has 0 radical (unpaired) electrons. The van der Waals surface area contributed by atoms with Gasteiger partial charge in [-0.3, -0.25) is 0 Å². The van der Waals surface area contributed by atoms with Crippen LogP contribution in [0.15, 0.2) is 42.5 Å². The van der Waals surface area contributed by atoms with Gasteiger partial charge in [0, 0.05) is 19.3 Å². The van der Waals surface area contributed by atoms with Gasteiger partial charge in [-0.25, -0.2) is 4.99 Å². The summed E-state index contributed by atoms with van der Waals surface area (Å²) in [6, 6.07) is 10.5. The van der Waals surface area contributed by atoms with Gasteiger partial charge in [0.1, 0.15) is 6.54 Å². The van der Waals surface area contributed by atoms with E-state index in [9.17, 15) is 0 Å². The van der Waals surface area contributed by atoms with Crippen molar-refractivity contribution in [1.82, 2.24) is 0 Å². The predicted molar refractivity (Wildman–Crippen MR) is 104 cm³/mol. The molecule has 2 nitrogen and oxygen atoms in total. The summed E-state index contributed by atoms with van der Waals surface area (Å²) in [5.74, 6) is 1.09. The first-order valence-corrected chi connectivity index (χ1v) is 9.79. The van der Waals surface area contributed by atoms with Crippen molar-refractivity contribution < 1.29 is 9.73 Å². The van der Waals surface area contributed by atoms with Crippen LogP contribution in [0.25, 0.3) is 0 Å². The number of allylic oxidation sites excluding steroid dienone is 1. The quantitative estimate of drug-likeness (QED) is 0.829. The average Bonchev–Trinajstić information content (AvgIpc) is 2.67. The molecule has 0 bridgehead atoms. The lowest BCUT2D eigenvalue weighted by molar-refractivity contribution is -0.462. The smallest absolute Gasteiger partial charge is 0.154 e. The van der Waals surface area contributed by atoms with Crippen molar-refractivity contribution in [3.8, 4) is 0 Å². The molecule has 0 unspecified atom stereocenters. The van der Waals surface area contributed by atoms with Crippen molar-refractivity contribution in [1.29, 1.82) is 0 Å². The van der Waals surface area contributed by atoms with Gasteiger partial charge in [0.15, 0.2) is 5.71 Å². The summed E-state index contributed by atoms with van der Waals surface area (Å²) >= 11 is 0. The minimum absolute atomic E-state index is 0.213. The lowest BCUT2D eigenvalue weighted by Gasteiger charge is -2.44. The van der Waals surface area contributed by atoms with E-state index in [1.807, 2.05) is 0 Å². The predicted octanol–water partition coefficient (Wildman–Crippen LogP) is 3.76. The number of benzene rings is 1. The van der Waals surface area contributed by atoms with Gasteiger partial charge < -0.3 is 4.74 Å². The van der Waals surface area contributed by atoms with E-state index in [1.54, 1.807) is 0 Å². The topological polar surface area (TPSA) is 23.2 Å². The molecule has 2 aliphatic rings. The van der Waals surface area contributed by atoms with Gasteiger partial charge in [-0.05, 0) is 29.7 Å². The third kappa shape index (κ3) is 4.23. The van der Waals surface area contributed by atoms with Crippen LogP contribution in [0.4, 0.5) is 0 Å². The summed E-state index contributed by atoms with van der Waals surface area (Å²) in [5, 5.41) is 0. The molecule has 3 rings (SSSR count). The van der Waals surface area contributed by atoms with Gasteiger partial charge in [0.05, 0.1) is 18.6 Å². The van der Waals surface area contributed by atoms with Crippen molar-refractivity contribution in [3.05, 3.63) is 48.0 Å². The molecule has 1 aliphatic carbocycles. The molecule has 0 fully saturated rings. The van der Waals surface area contributed by atoms with E-state index < -0.39 is 0 Å². The number of rotatable bonds is 4. The first-order valence-electron chi connectivity index (χ1n) is 9.79. The van der Waals surface area contributed by atoms with E-state index in [1.165, 1.54) is 30.5 Å². The second-order valence-corrected chi connectivity index (χ2v) is 8.97. The van der Waals surface area contributed by atoms with Crippen molar-refractivity contribution in [2.24, 2.45) is 22.7 Å². The Bertz CT molecular complexity index is 631. The molecular weight excluding hydrogens is 306 g/mol. The van der Waals surface area contributed by atoms with Crippen LogP contribution in [-0.4, -0.2) is 18.9 Å². The Morgan fingerprint density at radius 3 is 2.68 bits per heavy atom. The Morgan fingerprint density at radius 1 is 1.16 bits per heavy atom. The molecule has 25 heavy (non-hydrogen) atoms. The van der Waals surface area contributed by atoms with E-state index in [2.05, 4.69) is 75.2 Å². The van der Waals surface area contributed by atoms with Gasteiger partial charge in [-0.15, -0.1) is 0 Å². The van der Waals surface area contributed by atoms with E-state index in [-0.39, 0.29) is 5.41 Å². The van der Waals surface area contributed by atoms with Crippen molar-refractivity contribution in [3.63, 3.8) is 0 Å². The molecule has 1 N–H and O–H groups in total. The second-order valence-electron chi connectivity index (χ2n) is 8.97. The van der Waals surface area contributed by atoms with Crippen LogP contribution in [-0.2, 0) is 11.3 Å². The van der Waals surface area contributed by atoms with Gasteiger partial charge >= 0.3 is 0 Å². The SMILES string of the molecule is CC1=[NH+]CCC(C)(C)C[C@@]12C[C@@H](C)C=C[C@H]2COCc1ccccc1. The lowest BCUT2D eigenvalue weighted by atomic mass is 9.58. The van der Waals surface area contributed by atoms with Crippen molar-refractivity contribution in [2.75, 3.05) is 13.2 Å². The normalized spacial score (nSPS) is 31.6. The summed E-state index contributed by atoms with van der Waals surface area (Å²) < 4.78 is 6.19. The highest BCUT2D eigenvalue weighted by Gasteiger charge is 2.50. The highest BCUT2D eigenvalue weighted by atomic mass is 16.5. The van der Waals surface area contributed by atoms with Gasteiger partial charge in [0.25, 0.3) is 0 Å². The fraction of sp³-hybridized carbons (Fsp3) is 0.609. The fourth-order valence-electron chi connectivity index (χ4n) is 4.87. The van der Waals surface area contributed by atoms with Gasteiger partial charge in [-0.2, -0.15) is 0 Å². The minimum Gasteiger partial charge on any atom is -0.376 e. The molecule has 0 saturated heterocycles. The standard InChI is InChI=1S/C23H33NO/c1-18-10-11-21(16-25-15-20-8-6-5-7-9-20)23(14-18)17-22(3,4)12-13-24-19(23)2/h5-11,18,21H,12-17H2,1-4H3/p+1/t18-,21-,23-/m0/s1. The zero-order valence-corrected chi connectivity index (χ0v) is 16.3. The molecular formula is C23H34NO+. The van der Waals surface area contributed by atoms with Crippen LogP contribution < -0.4 is 4.99 Å². The van der Waals surface area contributed by atoms with Crippen LogP contribution in [0.1, 0.15) is 52.5 Å². The highest BCUT2D eigenvalue weighted by molar-refractivity contribution is 5.84. The molecule has 2 heteroatoms. The molecule has 0 saturated carbocycles. The Balaban J connectivity index is 1.78. The third-order valence-electron chi connectivity index (χ3n) is 6.21. The second kappa shape index (κ2) is 7.45. The first-order chi connectivity index (χ1) is 11.9. The highest BCUT2D eigenvalue weighted by Crippen LogP contribution is 2.49. The number of nitrogens with one attached hydrogen (secondary N) is 1. The zero-order chi connectivity index (χ0) is 17.9. The van der Waals surface area contributed by atoms with E-state index in [4.69, 9.17) is 4.74 Å². The summed E-state index contributed by atoms with van der Waals surface area (Å²) in [6.07, 6.45) is 8.54. The van der Waals surface area contributed by atoms with Gasteiger partial charge in [0.2, 0.25) is 0 Å². The van der Waals surface area contributed by atoms with Crippen LogP contribution in [0.5, 0.6) is 0 Å². The molecule has 1 heterocycles. The molecule has 3 atom stereocenters. The van der Waals surface area contributed by atoms with Crippen molar-refractivity contribution in [2.45, 2.75) is 53.6 Å². The number of ether oxygens (including phenoxy) is 1. The van der Waals surface area contributed by atoms with Crippen LogP contribution >= 0.6 is 0 Å². The first kappa shape index (κ1) is 18.4. The zero-order valence-electron chi connectivity index (χ0n) is 16.3. The Kier molecular flexibility index (Phi) is 5.48.